The third-order valence-corrected chi connectivity index (χ3v) is 7.36. The van der Waals surface area contributed by atoms with Gasteiger partial charge in [0.1, 0.15) is 9.90 Å². The lowest BCUT2D eigenvalue weighted by Crippen LogP contribution is -2.16. The molecule has 1 aromatic heterocycles. The van der Waals surface area contributed by atoms with Crippen LogP contribution in [0.4, 0.5) is 5.00 Å². The van der Waals surface area contributed by atoms with E-state index >= 15 is 0 Å². The molecule has 2 aromatic rings. The molecule has 0 spiro atoms. The quantitative estimate of drug-likeness (QED) is 0.790. The number of nitrogens with one attached hydrogen (secondary N) is 1. The molecular formula is C19H20N2O4S2. The lowest BCUT2D eigenvalue weighted by molar-refractivity contribution is 0.0526. The lowest BCUT2D eigenvalue weighted by Gasteiger charge is -2.18. The van der Waals surface area contributed by atoms with Gasteiger partial charge in [0.25, 0.3) is 10.0 Å². The summed E-state index contributed by atoms with van der Waals surface area (Å²) in [6.07, 6.45) is 2.76. The van der Waals surface area contributed by atoms with E-state index in [1.807, 2.05) is 0 Å². The summed E-state index contributed by atoms with van der Waals surface area (Å²) >= 11 is 1.49. The van der Waals surface area contributed by atoms with Crippen molar-refractivity contribution in [3.05, 3.63) is 45.8 Å². The molecule has 1 N–H and O–H groups in total. The largest absolute Gasteiger partial charge is 0.462 e. The number of thiophene rings is 1. The van der Waals surface area contributed by atoms with E-state index in [0.717, 1.165) is 29.7 Å². The molecule has 142 valence electrons. The fourth-order valence-corrected chi connectivity index (χ4v) is 6.14. The zero-order valence-corrected chi connectivity index (χ0v) is 16.7. The Hall–Kier alpha value is -2.19. The number of sulfonamides is 1. The Morgan fingerprint density at radius 1 is 1.37 bits per heavy atom. The molecule has 1 aliphatic heterocycles. The van der Waals surface area contributed by atoms with Gasteiger partial charge in [-0.1, -0.05) is 19.1 Å². The highest BCUT2D eigenvalue weighted by molar-refractivity contribution is 7.90. The van der Waals surface area contributed by atoms with Crippen molar-refractivity contribution in [3.8, 4) is 0 Å². The third-order valence-electron chi connectivity index (χ3n) is 4.85. The van der Waals surface area contributed by atoms with Crippen molar-refractivity contribution < 1.29 is 17.9 Å². The van der Waals surface area contributed by atoms with Crippen LogP contribution in [0.1, 0.15) is 46.6 Å². The summed E-state index contributed by atoms with van der Waals surface area (Å²) in [5.74, 6) is 0.438. The molecular weight excluding hydrogens is 384 g/mol. The van der Waals surface area contributed by atoms with Crippen molar-refractivity contribution in [2.24, 2.45) is 10.3 Å². The van der Waals surface area contributed by atoms with Crippen molar-refractivity contribution in [3.63, 3.8) is 0 Å². The van der Waals surface area contributed by atoms with Gasteiger partial charge >= 0.3 is 5.97 Å². The van der Waals surface area contributed by atoms with E-state index < -0.39 is 10.0 Å². The second-order valence-corrected chi connectivity index (χ2v) is 9.49. The summed E-state index contributed by atoms with van der Waals surface area (Å²) < 4.78 is 33.7. The fourth-order valence-electron chi connectivity index (χ4n) is 3.56. The first-order valence-corrected chi connectivity index (χ1v) is 11.2. The van der Waals surface area contributed by atoms with Gasteiger partial charge in [-0.25, -0.2) is 4.79 Å². The van der Waals surface area contributed by atoms with Gasteiger partial charge in [-0.3, -0.25) is 0 Å². The Labute approximate surface area is 162 Å². The maximum atomic E-state index is 12.6. The Morgan fingerprint density at radius 3 is 2.93 bits per heavy atom. The standard InChI is InChI=1S/C19H20N2O4S2/c1-3-25-19(22)16-12-9-8-11(2)10-14(12)26-18(16)20-17-13-6-4-5-7-15(13)27(23,24)21-17/h4-7,11H,3,8-10H2,1-2H3,(H,20,21)/t11-/m0/s1. The van der Waals surface area contributed by atoms with Crippen LogP contribution in [0.2, 0.25) is 0 Å². The molecule has 1 aromatic carbocycles. The van der Waals surface area contributed by atoms with Crippen molar-refractivity contribution in [1.82, 2.24) is 0 Å². The molecule has 0 amide bonds. The number of esters is 1. The molecule has 0 fully saturated rings. The normalized spacial score (nSPS) is 19.8. The highest BCUT2D eigenvalue weighted by Crippen LogP contribution is 2.41. The van der Waals surface area contributed by atoms with Gasteiger partial charge in [0.05, 0.1) is 12.2 Å². The van der Waals surface area contributed by atoms with E-state index in [-0.39, 0.29) is 23.3 Å². The van der Waals surface area contributed by atoms with E-state index in [9.17, 15) is 13.2 Å². The van der Waals surface area contributed by atoms with Crippen LogP contribution >= 0.6 is 11.3 Å². The first-order chi connectivity index (χ1) is 12.9. The SMILES string of the molecule is CCOC(=O)c1c(NC2=NS(=O)(=O)c3ccccc32)sc2c1CC[C@H](C)C2. The molecule has 2 heterocycles. The van der Waals surface area contributed by atoms with Gasteiger partial charge in [-0.2, -0.15) is 8.42 Å². The van der Waals surface area contributed by atoms with Gasteiger partial charge in [-0.15, -0.1) is 15.7 Å². The molecule has 0 saturated carbocycles. The Bertz CT molecular complexity index is 1050. The molecule has 27 heavy (non-hydrogen) atoms. The fraction of sp³-hybridized carbons (Fsp3) is 0.368. The third kappa shape index (κ3) is 3.17. The zero-order chi connectivity index (χ0) is 19.2. The summed E-state index contributed by atoms with van der Waals surface area (Å²) in [5.41, 5.74) is 2.06. The van der Waals surface area contributed by atoms with E-state index in [2.05, 4.69) is 16.6 Å². The monoisotopic (exact) mass is 404 g/mol. The molecule has 1 atom stereocenters. The second kappa shape index (κ2) is 6.76. The smallest absolute Gasteiger partial charge is 0.341 e. The number of nitrogens with zero attached hydrogens (tertiary/aromatic N) is 1. The highest BCUT2D eigenvalue weighted by atomic mass is 32.2. The number of anilines is 1. The molecule has 0 unspecified atom stereocenters. The zero-order valence-electron chi connectivity index (χ0n) is 15.1. The van der Waals surface area contributed by atoms with Crippen molar-refractivity contribution in [2.75, 3.05) is 11.9 Å². The number of hydrogen-bond donors (Lipinski definition) is 1. The van der Waals surface area contributed by atoms with Crippen LogP contribution < -0.4 is 5.32 Å². The minimum Gasteiger partial charge on any atom is -0.462 e. The second-order valence-electron chi connectivity index (χ2n) is 6.81. The molecule has 2 aliphatic rings. The Morgan fingerprint density at radius 2 is 2.15 bits per heavy atom. The number of carbonyl (C=O) groups is 1. The van der Waals surface area contributed by atoms with Crippen LogP contribution in [0.5, 0.6) is 0 Å². The van der Waals surface area contributed by atoms with E-state index in [1.54, 1.807) is 25.1 Å². The summed E-state index contributed by atoms with van der Waals surface area (Å²) in [6.45, 7) is 4.26. The van der Waals surface area contributed by atoms with Gasteiger partial charge in [0, 0.05) is 10.4 Å². The number of fused-ring (bicyclic) bond motifs is 2. The Balaban J connectivity index is 1.78. The van der Waals surface area contributed by atoms with E-state index in [1.165, 1.54) is 17.4 Å². The average molecular weight is 405 g/mol. The van der Waals surface area contributed by atoms with Gasteiger partial charge in [0.2, 0.25) is 0 Å². The van der Waals surface area contributed by atoms with Crippen LogP contribution in [0.15, 0.2) is 33.6 Å². The molecule has 1 aliphatic carbocycles. The van der Waals surface area contributed by atoms with Gasteiger partial charge < -0.3 is 10.1 Å². The van der Waals surface area contributed by atoms with Gasteiger partial charge in [0.15, 0.2) is 5.84 Å². The number of carbonyl (C=O) groups excluding carboxylic acids is 1. The van der Waals surface area contributed by atoms with Crippen LogP contribution in [0.25, 0.3) is 0 Å². The molecule has 6 nitrogen and oxygen atoms in total. The summed E-state index contributed by atoms with van der Waals surface area (Å²) in [5, 5.41) is 3.73. The topological polar surface area (TPSA) is 84.8 Å². The lowest BCUT2D eigenvalue weighted by atomic mass is 9.88. The van der Waals surface area contributed by atoms with Crippen molar-refractivity contribution in [2.45, 2.75) is 38.0 Å². The number of hydrogen-bond acceptors (Lipinski definition) is 6. The number of ether oxygens (including phenoxy) is 1. The number of amidine groups is 1. The predicted octanol–water partition coefficient (Wildman–Crippen LogP) is 3.61. The number of rotatable bonds is 3. The predicted molar refractivity (Wildman–Crippen MR) is 105 cm³/mol. The summed E-state index contributed by atoms with van der Waals surface area (Å²) in [4.78, 5) is 14.0. The molecule has 8 heteroatoms. The van der Waals surface area contributed by atoms with Crippen LogP contribution in [-0.4, -0.2) is 26.8 Å². The highest BCUT2D eigenvalue weighted by Gasteiger charge is 2.32. The molecule has 0 radical (unpaired) electrons. The van der Waals surface area contributed by atoms with E-state index in [4.69, 9.17) is 4.74 Å². The molecule has 0 saturated heterocycles. The summed E-state index contributed by atoms with van der Waals surface area (Å²) in [7, 11) is -3.72. The van der Waals surface area contributed by atoms with Crippen LogP contribution in [0, 0.1) is 5.92 Å². The van der Waals surface area contributed by atoms with Gasteiger partial charge in [-0.05, 0) is 49.8 Å². The van der Waals surface area contributed by atoms with E-state index in [0.29, 0.717) is 22.0 Å². The first-order valence-electron chi connectivity index (χ1n) is 8.93. The minimum absolute atomic E-state index is 0.181. The van der Waals surface area contributed by atoms with Crippen molar-refractivity contribution >= 4 is 38.2 Å². The van der Waals surface area contributed by atoms with Crippen molar-refractivity contribution in [1.29, 1.82) is 0 Å². The maximum absolute atomic E-state index is 12.6. The average Bonchev–Trinajstić information content (AvgIpc) is 3.10. The molecule has 4 rings (SSSR count). The Kier molecular flexibility index (Phi) is 4.55. The summed E-state index contributed by atoms with van der Waals surface area (Å²) in [6, 6.07) is 6.69. The first kappa shape index (κ1) is 18.2. The molecule has 0 bridgehead atoms. The van der Waals surface area contributed by atoms with Crippen LogP contribution in [-0.2, 0) is 27.6 Å². The number of benzene rings is 1. The maximum Gasteiger partial charge on any atom is 0.341 e. The van der Waals surface area contributed by atoms with Crippen LogP contribution in [0.3, 0.4) is 0 Å². The minimum atomic E-state index is -3.72.